The molecule has 0 radical (unpaired) electrons. The average molecular weight is 1350 g/mol. The van der Waals surface area contributed by atoms with E-state index in [-0.39, 0.29) is 20.4 Å². The van der Waals surface area contributed by atoms with Crippen molar-refractivity contribution >= 4 is 45.3 Å². The first-order valence-electron chi connectivity index (χ1n) is 36.5. The number of aromatic nitrogens is 2. The fourth-order valence-electron chi connectivity index (χ4n) is 8.95. The third kappa shape index (κ3) is 51.6. The molecule has 5 N–H and O–H groups in total. The molecule has 5 aromatic carbocycles. The lowest BCUT2D eigenvalue weighted by molar-refractivity contribution is 0.0614. The van der Waals surface area contributed by atoms with Crippen molar-refractivity contribution in [3.63, 3.8) is 0 Å². The second-order valence-electron chi connectivity index (χ2n) is 26.6. The fraction of sp³-hybridized carbons (Fsp3) is 0.600. The molecule has 2 heterocycles. The summed E-state index contributed by atoms with van der Waals surface area (Å²) >= 11 is 0. The number of benzene rings is 5. The molecule has 7 aromatic rings. The monoisotopic (exact) mass is 1350 g/mol. The molecular weight excluding hydrogens is 1200 g/mol. The minimum absolute atomic E-state index is 0. The van der Waals surface area contributed by atoms with Crippen LogP contribution in [0.3, 0.4) is 0 Å². The summed E-state index contributed by atoms with van der Waals surface area (Å²) in [5.74, 6) is 1.76. The van der Waals surface area contributed by atoms with E-state index in [4.69, 9.17) is 18.4 Å². The number of hydrogen-bond donors (Lipinski definition) is 5. The van der Waals surface area contributed by atoms with E-state index in [1.54, 1.807) is 7.11 Å². The Morgan fingerprint density at radius 3 is 1.49 bits per heavy atom. The Bertz CT molecular complexity index is 2790. The maximum Gasteiger partial charge on any atom is 0.181 e. The maximum atomic E-state index is 5.49. The van der Waals surface area contributed by atoms with Gasteiger partial charge in [-0.25, -0.2) is 4.98 Å². The topological polar surface area (TPSA) is 134 Å². The standard InChI is InChI=1S/C12H15N.C12H17N.C11H17NO.2C10H12N2O.C10H23NO.6C3H8.2CH4/c1-9(2)13-12-7-6-10-4-3-5-11(10)8-12;1-9(2)13-12-7-10-5-3-4-6-11(10)8-12;1-10(2)12-8-9-13-11-6-4-3-5-7-11;1-7(2)12-8-3-4-9-10(5-8)13-6-11-9;1-7(2)11-10-8-5-3-4-6-9(8)13-12-10;1-9(2)11(7-8-12-6)10(3,4)5;6*1-3-2;;/h3,5-9,13H,4H2,1-2H3;3-6,9,12-13H,7-8H2,1-2H3;3-7,10,12H,8-9H2,1-2H3;3-7,12H,1-2H3;3-7H,1-2H3,(H,11,12);9H,7-8H2,1-6H3;6*3H2,1-2H3;2*1H4. The molecule has 2 aromatic heterocycles. The molecule has 2 aliphatic carbocycles. The second kappa shape index (κ2) is 63.3. The average Bonchev–Trinajstić information content (AvgIpc) is 1.76. The molecule has 0 unspecified atom stereocenters. The number of fused-ring (bicyclic) bond motifs is 4. The number of rotatable bonds is 17. The Hall–Kier alpha value is -6.18. The van der Waals surface area contributed by atoms with Crippen molar-refractivity contribution < 1.29 is 18.4 Å². The summed E-state index contributed by atoms with van der Waals surface area (Å²) in [4.78, 5) is 6.49. The second-order valence-corrected chi connectivity index (χ2v) is 26.6. The van der Waals surface area contributed by atoms with Crippen molar-refractivity contribution in [3.8, 4) is 5.75 Å². The van der Waals surface area contributed by atoms with Gasteiger partial charge in [0.05, 0.1) is 12.0 Å². The Labute approximate surface area is 598 Å². The first-order valence-corrected chi connectivity index (χ1v) is 36.5. The zero-order valence-electron chi connectivity index (χ0n) is 65.9. The number of nitrogens with one attached hydrogen (secondary N) is 5. The predicted octanol–water partition coefficient (Wildman–Crippen LogP) is 24.5. The molecule has 556 valence electrons. The normalized spacial score (nSPS) is 11.1. The minimum Gasteiger partial charge on any atom is -0.492 e. The molecule has 0 bridgehead atoms. The largest absolute Gasteiger partial charge is 0.492 e. The van der Waals surface area contributed by atoms with E-state index in [1.807, 2.05) is 72.8 Å². The van der Waals surface area contributed by atoms with Gasteiger partial charge in [-0.1, -0.05) is 242 Å². The lowest BCUT2D eigenvalue weighted by atomic mass is 10.0. The molecule has 0 saturated heterocycles. The molecule has 0 atom stereocenters. The van der Waals surface area contributed by atoms with Crippen LogP contribution in [0, 0.1) is 0 Å². The van der Waals surface area contributed by atoms with Gasteiger partial charge in [-0.2, -0.15) is 0 Å². The van der Waals surface area contributed by atoms with Crippen LogP contribution >= 0.6 is 0 Å². The maximum absolute atomic E-state index is 5.49. The van der Waals surface area contributed by atoms with Gasteiger partial charge in [0.15, 0.2) is 23.4 Å². The number of methoxy groups -OCH3 is 1. The van der Waals surface area contributed by atoms with Crippen LogP contribution in [0.15, 0.2) is 137 Å². The molecule has 12 heteroatoms. The molecule has 0 spiro atoms. The number of anilines is 3. The summed E-state index contributed by atoms with van der Waals surface area (Å²) in [7, 11) is 1.75. The van der Waals surface area contributed by atoms with Crippen LogP contribution in [0.2, 0.25) is 0 Å². The third-order valence-electron chi connectivity index (χ3n) is 12.1. The lowest BCUT2D eigenvalue weighted by Crippen LogP contribution is -2.47. The van der Waals surface area contributed by atoms with E-state index < -0.39 is 0 Å². The van der Waals surface area contributed by atoms with E-state index in [2.05, 4.69) is 283 Å². The summed E-state index contributed by atoms with van der Waals surface area (Å²) in [5.41, 5.74) is 10.9. The number of allylic oxidation sites excluding steroid dienone is 1. The van der Waals surface area contributed by atoms with Crippen LogP contribution in [0.1, 0.15) is 263 Å². The fourth-order valence-corrected chi connectivity index (χ4v) is 8.95. The number of hydrogen-bond acceptors (Lipinski definition) is 12. The van der Waals surface area contributed by atoms with Crippen LogP contribution in [-0.4, -0.2) is 96.3 Å². The number of oxazole rings is 1. The van der Waals surface area contributed by atoms with Gasteiger partial charge in [0, 0.05) is 85.5 Å². The molecule has 0 amide bonds. The summed E-state index contributed by atoms with van der Waals surface area (Å²) < 4.78 is 20.9. The Kier molecular flexibility index (Phi) is 64.9. The highest BCUT2D eigenvalue weighted by atomic mass is 16.5. The van der Waals surface area contributed by atoms with E-state index in [0.717, 1.165) is 72.0 Å². The SMILES string of the molecule is C.C.CC(C)NC1Cc2ccccc2C1.CC(C)NCCOc1ccccc1.CC(C)Nc1ccc2c(c1)C=CC2.CC(C)Nc1ccc2ncoc2c1.CC(C)Nc1noc2ccccc12.CCC.CCC.CCC.CCC.CCC.CCC.COCCN(C(C)C)C(C)(C)C. The van der Waals surface area contributed by atoms with Crippen molar-refractivity contribution in [2.75, 3.05) is 49.4 Å². The first kappa shape index (κ1) is 99.5. The molecule has 2 aliphatic rings. The number of nitrogens with zero attached hydrogens (tertiary/aromatic N) is 3. The van der Waals surface area contributed by atoms with Gasteiger partial charge in [-0.15, -0.1) is 0 Å². The number of para-hydroxylation sites is 2. The summed E-state index contributed by atoms with van der Waals surface area (Å²) in [6.45, 7) is 61.4. The molecule has 97 heavy (non-hydrogen) atoms. The van der Waals surface area contributed by atoms with Crippen molar-refractivity contribution in [2.45, 2.75) is 307 Å². The van der Waals surface area contributed by atoms with Gasteiger partial charge in [-0.3, -0.25) is 4.90 Å². The van der Waals surface area contributed by atoms with Crippen LogP contribution in [0.4, 0.5) is 17.2 Å². The Morgan fingerprint density at radius 1 is 0.536 bits per heavy atom. The van der Waals surface area contributed by atoms with Gasteiger partial charge < -0.3 is 45.0 Å². The lowest BCUT2D eigenvalue weighted by Gasteiger charge is -2.38. The van der Waals surface area contributed by atoms with Crippen molar-refractivity contribution in [2.24, 2.45) is 0 Å². The van der Waals surface area contributed by atoms with Crippen LogP contribution in [-0.2, 0) is 24.0 Å². The third-order valence-corrected chi connectivity index (χ3v) is 12.1. The molecule has 9 rings (SSSR count). The summed E-state index contributed by atoms with van der Waals surface area (Å²) in [5, 5.41) is 21.8. The molecule has 0 aliphatic heterocycles. The highest BCUT2D eigenvalue weighted by molar-refractivity contribution is 5.88. The zero-order chi connectivity index (χ0) is 72.6. The van der Waals surface area contributed by atoms with E-state index in [0.29, 0.717) is 42.3 Å². The quantitative estimate of drug-likeness (QED) is 0.0556. The predicted molar refractivity (Wildman–Crippen MR) is 437 cm³/mol. The minimum atomic E-state index is 0. The summed E-state index contributed by atoms with van der Waals surface area (Å²) in [6, 6.07) is 42.6. The van der Waals surface area contributed by atoms with Gasteiger partial charge in [-0.05, 0) is 166 Å². The number of ether oxygens (including phenoxy) is 2. The van der Waals surface area contributed by atoms with E-state index in [1.165, 1.54) is 85.7 Å². The van der Waals surface area contributed by atoms with Gasteiger partial charge in [0.2, 0.25) is 0 Å². The van der Waals surface area contributed by atoms with E-state index in [9.17, 15) is 0 Å². The van der Waals surface area contributed by atoms with Crippen molar-refractivity contribution in [3.05, 3.63) is 150 Å². The first-order chi connectivity index (χ1) is 45.2. The molecule has 0 saturated carbocycles. The smallest absolute Gasteiger partial charge is 0.181 e. The van der Waals surface area contributed by atoms with Crippen molar-refractivity contribution in [1.29, 1.82) is 0 Å². The Balaban J connectivity index is -0.000000331. The van der Waals surface area contributed by atoms with Gasteiger partial charge >= 0.3 is 0 Å². The van der Waals surface area contributed by atoms with Gasteiger partial charge in [0.25, 0.3) is 0 Å². The Morgan fingerprint density at radius 2 is 1.02 bits per heavy atom. The highest BCUT2D eigenvalue weighted by Gasteiger charge is 2.23. The van der Waals surface area contributed by atoms with Crippen LogP contribution in [0.25, 0.3) is 28.1 Å². The van der Waals surface area contributed by atoms with Crippen LogP contribution < -0.4 is 31.3 Å². The molecule has 0 fully saturated rings. The highest BCUT2D eigenvalue weighted by Crippen LogP contribution is 2.25. The molecule has 12 nitrogen and oxygen atoms in total. The van der Waals surface area contributed by atoms with Crippen molar-refractivity contribution in [1.82, 2.24) is 25.7 Å². The van der Waals surface area contributed by atoms with Crippen LogP contribution in [0.5, 0.6) is 5.75 Å². The molecular formula is C85H152N8O4. The summed E-state index contributed by atoms with van der Waals surface area (Å²) in [6.07, 6.45) is 16.9. The zero-order valence-corrected chi connectivity index (χ0v) is 65.9. The van der Waals surface area contributed by atoms with E-state index >= 15 is 0 Å². The van der Waals surface area contributed by atoms with Gasteiger partial charge in [0.1, 0.15) is 17.9 Å².